The average Bonchev–Trinajstić information content (AvgIpc) is 2.94. The van der Waals surface area contributed by atoms with E-state index in [2.05, 4.69) is 15.4 Å². The van der Waals surface area contributed by atoms with Gasteiger partial charge in [0.2, 0.25) is 11.8 Å². The lowest BCUT2D eigenvalue weighted by Crippen LogP contribution is -2.56. The second kappa shape index (κ2) is 12.4. The number of nitrogens with one attached hydrogen (secondary N) is 2. The Morgan fingerprint density at radius 3 is 2.42 bits per heavy atom. The molecule has 0 radical (unpaired) electrons. The van der Waals surface area contributed by atoms with Crippen molar-refractivity contribution in [2.45, 2.75) is 84.0 Å². The number of carbonyl (C=O) groups is 3. The van der Waals surface area contributed by atoms with Crippen molar-refractivity contribution in [1.82, 2.24) is 10.6 Å². The van der Waals surface area contributed by atoms with Gasteiger partial charge in [0.1, 0.15) is 23.4 Å². The van der Waals surface area contributed by atoms with Crippen LogP contribution in [0.25, 0.3) is 0 Å². The first-order valence-electron chi connectivity index (χ1n) is 12.8. The second-order valence-corrected chi connectivity index (χ2v) is 11.2. The maximum Gasteiger partial charge on any atom is 0.573 e. The quantitative estimate of drug-likeness (QED) is 0.446. The third kappa shape index (κ3) is 8.51. The smallest absolute Gasteiger partial charge is 0.444 e. The fraction of sp³-hybridized carbons (Fsp3) is 0.464. The van der Waals surface area contributed by atoms with E-state index in [4.69, 9.17) is 16.3 Å². The van der Waals surface area contributed by atoms with Crippen LogP contribution in [-0.2, 0) is 27.2 Å². The van der Waals surface area contributed by atoms with Crippen LogP contribution in [0.1, 0.15) is 52.2 Å². The van der Waals surface area contributed by atoms with Crippen LogP contribution in [0.15, 0.2) is 42.5 Å². The van der Waals surface area contributed by atoms with E-state index >= 15 is 0 Å². The molecule has 0 bridgehead atoms. The normalized spacial score (nSPS) is 16.6. The number of anilines is 1. The van der Waals surface area contributed by atoms with Crippen LogP contribution in [0.2, 0.25) is 5.02 Å². The van der Waals surface area contributed by atoms with E-state index < -0.39 is 41.8 Å². The Morgan fingerprint density at radius 1 is 1.12 bits per heavy atom. The van der Waals surface area contributed by atoms with Crippen molar-refractivity contribution in [1.29, 1.82) is 0 Å². The van der Waals surface area contributed by atoms with Crippen LogP contribution in [-0.4, -0.2) is 48.0 Å². The minimum Gasteiger partial charge on any atom is -0.444 e. The van der Waals surface area contributed by atoms with Gasteiger partial charge in [-0.15, -0.1) is 13.2 Å². The molecule has 2 N–H and O–H groups in total. The van der Waals surface area contributed by atoms with Crippen LogP contribution in [0.3, 0.4) is 0 Å². The summed E-state index contributed by atoms with van der Waals surface area (Å²) in [6.07, 6.45) is -5.59. The summed E-state index contributed by atoms with van der Waals surface area (Å²) in [5, 5.41) is 5.65. The molecule has 0 aromatic heterocycles. The van der Waals surface area contributed by atoms with Crippen LogP contribution in [0.4, 0.5) is 23.7 Å². The third-order valence-corrected chi connectivity index (χ3v) is 6.24. The number of para-hydroxylation sites is 1. The lowest BCUT2D eigenvalue weighted by molar-refractivity contribution is -0.274. The Morgan fingerprint density at radius 2 is 1.80 bits per heavy atom. The number of hydrogen-bond donors (Lipinski definition) is 2. The first-order valence-corrected chi connectivity index (χ1v) is 13.2. The van der Waals surface area contributed by atoms with Gasteiger partial charge in [-0.05, 0) is 82.9 Å². The predicted molar refractivity (Wildman–Crippen MR) is 144 cm³/mol. The van der Waals surface area contributed by atoms with Gasteiger partial charge in [0.15, 0.2) is 0 Å². The summed E-state index contributed by atoms with van der Waals surface area (Å²) in [5.41, 5.74) is 0.648. The molecule has 3 rings (SSSR count). The van der Waals surface area contributed by atoms with Gasteiger partial charge in [0.25, 0.3) is 0 Å². The van der Waals surface area contributed by atoms with E-state index in [0.29, 0.717) is 17.1 Å². The molecule has 1 heterocycles. The molecule has 2 aromatic carbocycles. The molecule has 0 spiro atoms. The zero-order valence-electron chi connectivity index (χ0n) is 22.9. The van der Waals surface area contributed by atoms with Crippen molar-refractivity contribution in [3.05, 3.63) is 58.6 Å². The maximum atomic E-state index is 13.6. The first-order chi connectivity index (χ1) is 18.5. The molecule has 3 amide bonds. The number of amides is 3. The number of halogens is 4. The number of carbonyl (C=O) groups excluding carboxylic acids is 3. The summed E-state index contributed by atoms with van der Waals surface area (Å²) < 4.78 is 48.4. The molecule has 0 aliphatic carbocycles. The van der Waals surface area contributed by atoms with Crippen LogP contribution < -0.4 is 20.3 Å². The summed E-state index contributed by atoms with van der Waals surface area (Å²) >= 11 is 6.17. The van der Waals surface area contributed by atoms with E-state index in [9.17, 15) is 27.6 Å². The van der Waals surface area contributed by atoms with Crippen molar-refractivity contribution in [3.8, 4) is 5.75 Å². The van der Waals surface area contributed by atoms with Crippen LogP contribution in [0.5, 0.6) is 5.75 Å². The number of benzene rings is 2. The van der Waals surface area contributed by atoms with E-state index in [-0.39, 0.29) is 30.4 Å². The minimum absolute atomic E-state index is 0.0223. The Balaban J connectivity index is 1.89. The van der Waals surface area contributed by atoms with Crippen molar-refractivity contribution >= 4 is 35.2 Å². The molecule has 0 saturated carbocycles. The number of rotatable bonds is 7. The Hall–Kier alpha value is -3.47. The van der Waals surface area contributed by atoms with Gasteiger partial charge in [-0.3, -0.25) is 9.59 Å². The number of aryl methyl sites for hydroxylation is 1. The molecule has 2 aromatic rings. The maximum absolute atomic E-state index is 13.6. The SMILES string of the molecule is CC(C)N1C(=O)C(NC(=O)C(Cc2ccccc2OC(F)(F)F)NC(=O)OC(C)(C)C)CCc2cc(Cl)ccc21. The Bertz CT molecular complexity index is 1250. The van der Waals surface area contributed by atoms with Crippen LogP contribution in [0, 0.1) is 0 Å². The molecule has 218 valence electrons. The lowest BCUT2D eigenvalue weighted by atomic mass is 10.0. The minimum atomic E-state index is -4.96. The number of alkyl halides is 3. The van der Waals surface area contributed by atoms with Gasteiger partial charge >= 0.3 is 12.5 Å². The van der Waals surface area contributed by atoms with Gasteiger partial charge in [-0.25, -0.2) is 4.79 Å². The highest BCUT2D eigenvalue weighted by Crippen LogP contribution is 2.31. The zero-order valence-corrected chi connectivity index (χ0v) is 23.7. The zero-order chi connectivity index (χ0) is 29.8. The van der Waals surface area contributed by atoms with Gasteiger partial charge in [0.05, 0.1) is 0 Å². The molecule has 40 heavy (non-hydrogen) atoms. The highest BCUT2D eigenvalue weighted by atomic mass is 35.5. The molecular weight excluding hydrogens is 551 g/mol. The summed E-state index contributed by atoms with van der Waals surface area (Å²) in [4.78, 5) is 41.3. The highest BCUT2D eigenvalue weighted by Gasteiger charge is 2.36. The molecule has 12 heteroatoms. The average molecular weight is 584 g/mol. The molecule has 2 unspecified atom stereocenters. The van der Waals surface area contributed by atoms with E-state index in [1.54, 1.807) is 43.9 Å². The van der Waals surface area contributed by atoms with E-state index in [1.165, 1.54) is 18.2 Å². The molecule has 2 atom stereocenters. The number of hydrogen-bond acceptors (Lipinski definition) is 5. The summed E-state index contributed by atoms with van der Waals surface area (Å²) in [6, 6.07) is 7.93. The standard InChI is InChI=1S/C28H33ClF3N3O5/c1-16(2)35-22-13-11-19(29)14-17(22)10-12-20(25(35)37)33-24(36)21(34-26(38)40-27(3,4)5)15-18-8-6-7-9-23(18)39-28(30,31)32/h6-9,11,13-14,16,20-21H,10,12,15H2,1-5H3,(H,33,36)(H,34,38). The number of fused-ring (bicyclic) bond motifs is 1. The predicted octanol–water partition coefficient (Wildman–Crippen LogP) is 5.55. The summed E-state index contributed by atoms with van der Waals surface area (Å²) in [7, 11) is 0. The number of nitrogens with zero attached hydrogens (tertiary/aromatic N) is 1. The van der Waals surface area contributed by atoms with Crippen LogP contribution >= 0.6 is 11.6 Å². The number of alkyl carbamates (subject to hydrolysis) is 1. The van der Waals surface area contributed by atoms with Gasteiger partial charge in [0, 0.05) is 23.2 Å². The van der Waals surface area contributed by atoms with Crippen molar-refractivity contribution in [3.63, 3.8) is 0 Å². The number of ether oxygens (including phenoxy) is 2. The lowest BCUT2D eigenvalue weighted by Gasteiger charge is -2.30. The molecule has 8 nitrogen and oxygen atoms in total. The van der Waals surface area contributed by atoms with Crippen molar-refractivity contribution in [2.24, 2.45) is 0 Å². The molecule has 1 aliphatic heterocycles. The fourth-order valence-corrected chi connectivity index (χ4v) is 4.61. The molecule has 1 aliphatic rings. The highest BCUT2D eigenvalue weighted by molar-refractivity contribution is 6.30. The molecule has 0 saturated heterocycles. The molecular formula is C28H33ClF3N3O5. The van der Waals surface area contributed by atoms with E-state index in [1.807, 2.05) is 13.8 Å². The third-order valence-electron chi connectivity index (χ3n) is 6.00. The van der Waals surface area contributed by atoms with Crippen molar-refractivity contribution < 1.29 is 37.0 Å². The van der Waals surface area contributed by atoms with Crippen molar-refractivity contribution in [2.75, 3.05) is 4.90 Å². The Kier molecular flexibility index (Phi) is 9.60. The first kappa shape index (κ1) is 31.1. The van der Waals surface area contributed by atoms with E-state index in [0.717, 1.165) is 11.6 Å². The summed E-state index contributed by atoms with van der Waals surface area (Å²) in [5.74, 6) is -1.64. The fourth-order valence-electron chi connectivity index (χ4n) is 4.41. The summed E-state index contributed by atoms with van der Waals surface area (Å²) in [6.45, 7) is 8.56. The second-order valence-electron chi connectivity index (χ2n) is 10.7. The van der Waals surface area contributed by atoms with Gasteiger partial charge in [-0.2, -0.15) is 0 Å². The Labute approximate surface area is 236 Å². The monoisotopic (exact) mass is 583 g/mol. The van der Waals surface area contributed by atoms with Gasteiger partial charge < -0.3 is 25.0 Å². The molecule has 0 fully saturated rings. The largest absolute Gasteiger partial charge is 0.573 e. The van der Waals surface area contributed by atoms with Gasteiger partial charge in [-0.1, -0.05) is 29.8 Å². The topological polar surface area (TPSA) is 97.0 Å².